The number of sulfonamides is 1. The number of rotatable bonds is 8. The van der Waals surface area contributed by atoms with E-state index in [4.69, 9.17) is 4.74 Å². The fourth-order valence-corrected chi connectivity index (χ4v) is 3.97. The molecule has 2 N–H and O–H groups in total. The Hall–Kier alpha value is -2.12. The van der Waals surface area contributed by atoms with Crippen LogP contribution in [0.25, 0.3) is 15.8 Å². The molecule has 2 aromatic carbocycles. The molecule has 4 rings (SSSR count). The predicted octanol–water partition coefficient (Wildman–Crippen LogP) is 0.710. The Labute approximate surface area is 234 Å². The maximum absolute atomic E-state index is 12.9. The molecule has 0 aliphatic heterocycles. The Morgan fingerprint density at radius 3 is 2.48 bits per heavy atom. The molecule has 2 heterocycles. The normalized spacial score (nSPS) is 11.0. The van der Waals surface area contributed by atoms with E-state index < -0.39 is 10.0 Å². The van der Waals surface area contributed by atoms with E-state index in [-0.39, 0.29) is 74.5 Å². The van der Waals surface area contributed by atoms with E-state index in [9.17, 15) is 13.5 Å². The molecule has 0 aliphatic carbocycles. The second kappa shape index (κ2) is 11.3. The van der Waals surface area contributed by atoms with Crippen LogP contribution < -0.4 is 61.4 Å². The number of ether oxygens (including phenoxy) is 1. The SMILES string of the molecule is COc1ccc(CCO)c(Nc2nc3ccccc3nc2[N-]S(=O)(=O)c2cccnc2)c1.[K+]. The molecule has 0 radical (unpaired) electrons. The average molecular weight is 490 g/mol. The van der Waals surface area contributed by atoms with Gasteiger partial charge in [-0.15, -0.1) is 0 Å². The zero-order valence-electron chi connectivity index (χ0n) is 18.1. The molecule has 0 unspecified atom stereocenters. The van der Waals surface area contributed by atoms with Crippen LogP contribution in [0.3, 0.4) is 0 Å². The molecule has 11 heteroatoms. The number of aliphatic hydroxyl groups is 1. The molecule has 0 fully saturated rings. The van der Waals surface area contributed by atoms with Gasteiger partial charge in [0, 0.05) is 30.8 Å². The van der Waals surface area contributed by atoms with E-state index in [1.54, 1.807) is 37.4 Å². The summed E-state index contributed by atoms with van der Waals surface area (Å²) in [6.45, 7) is -0.0585. The van der Waals surface area contributed by atoms with Crippen LogP contribution >= 0.6 is 0 Å². The van der Waals surface area contributed by atoms with Crippen LogP contribution in [0.2, 0.25) is 0 Å². The second-order valence-electron chi connectivity index (χ2n) is 6.76. The molecule has 0 saturated carbocycles. The molecule has 0 bridgehead atoms. The largest absolute Gasteiger partial charge is 1.00 e. The number of methoxy groups -OCH3 is 1. The third-order valence-electron chi connectivity index (χ3n) is 4.64. The van der Waals surface area contributed by atoms with Gasteiger partial charge in [-0.3, -0.25) is 4.98 Å². The quantitative estimate of drug-likeness (QED) is 0.346. The number of para-hydroxylation sites is 2. The third kappa shape index (κ3) is 6.06. The van der Waals surface area contributed by atoms with Gasteiger partial charge in [-0.2, -0.15) is 0 Å². The van der Waals surface area contributed by atoms with Crippen molar-refractivity contribution in [1.82, 2.24) is 15.0 Å². The summed E-state index contributed by atoms with van der Waals surface area (Å²) in [5.41, 5.74) is 2.46. The van der Waals surface area contributed by atoms with Gasteiger partial charge in [-0.25, -0.2) is 13.4 Å². The predicted molar refractivity (Wildman–Crippen MR) is 121 cm³/mol. The van der Waals surface area contributed by atoms with Crippen LogP contribution in [0.1, 0.15) is 5.56 Å². The molecule has 164 valence electrons. The Morgan fingerprint density at radius 1 is 1.06 bits per heavy atom. The van der Waals surface area contributed by atoms with Gasteiger partial charge in [-0.1, -0.05) is 24.3 Å². The second-order valence-corrected chi connectivity index (χ2v) is 8.37. The van der Waals surface area contributed by atoms with Crippen molar-refractivity contribution in [3.63, 3.8) is 0 Å². The van der Waals surface area contributed by atoms with E-state index in [1.165, 1.54) is 24.5 Å². The topological polar surface area (TPSA) is 128 Å². The molecule has 0 aliphatic rings. The van der Waals surface area contributed by atoms with Gasteiger partial charge in [0.25, 0.3) is 0 Å². The van der Waals surface area contributed by atoms with Gasteiger partial charge in [-0.05, 0) is 47.6 Å². The first kappa shape index (κ1) is 25.5. The number of anilines is 2. The van der Waals surface area contributed by atoms with Crippen molar-refractivity contribution in [2.75, 3.05) is 19.0 Å². The maximum atomic E-state index is 12.9. The molecule has 0 saturated heterocycles. The number of nitrogens with one attached hydrogen (secondary N) is 1. The standard InChI is InChI=1S/C22H20N5O4S.K/c1-31-16-9-8-15(10-12-28)20(13-16)26-21-22(25-19-7-3-2-6-18(19)24-21)27-32(29,30)17-5-4-11-23-14-17;/h2-9,11,13-14,28H,10,12H2,1H3,(H-,24,25,26,27);/q-1;+1. The molecule has 0 atom stereocenters. The van der Waals surface area contributed by atoms with E-state index >= 15 is 0 Å². The minimum Gasteiger partial charge on any atom is -0.497 e. The Kier molecular flexibility index (Phi) is 8.76. The summed E-state index contributed by atoms with van der Waals surface area (Å²) in [7, 11) is -2.53. The van der Waals surface area contributed by atoms with Crippen molar-refractivity contribution < 1.29 is 69.6 Å². The molecular formula is C22H20KN5O4S. The first-order chi connectivity index (χ1) is 15.5. The summed E-state index contributed by atoms with van der Waals surface area (Å²) < 4.78 is 35.0. The minimum atomic E-state index is -4.07. The van der Waals surface area contributed by atoms with Gasteiger partial charge >= 0.3 is 51.4 Å². The molecule has 4 aromatic rings. The molecule has 0 spiro atoms. The minimum absolute atomic E-state index is 0. The first-order valence-corrected chi connectivity index (χ1v) is 11.1. The van der Waals surface area contributed by atoms with Crippen molar-refractivity contribution in [1.29, 1.82) is 0 Å². The third-order valence-corrected chi connectivity index (χ3v) is 5.89. The van der Waals surface area contributed by atoms with E-state index in [1.807, 2.05) is 12.1 Å². The Balaban J connectivity index is 0.00000306. The summed E-state index contributed by atoms with van der Waals surface area (Å²) in [6.07, 6.45) is 3.09. The Morgan fingerprint density at radius 2 is 1.82 bits per heavy atom. The number of benzene rings is 2. The van der Waals surface area contributed by atoms with Gasteiger partial charge in [0.15, 0.2) is 0 Å². The number of hydrogen-bond acceptors (Lipinski definition) is 8. The van der Waals surface area contributed by atoms with Crippen LogP contribution in [0, 0.1) is 0 Å². The van der Waals surface area contributed by atoms with Gasteiger partial charge in [0.1, 0.15) is 11.6 Å². The summed E-state index contributed by atoms with van der Waals surface area (Å²) in [5, 5.41) is 12.5. The average Bonchev–Trinajstić information content (AvgIpc) is 2.81. The van der Waals surface area contributed by atoms with Crippen LogP contribution in [-0.4, -0.2) is 42.2 Å². The Bertz CT molecular complexity index is 1350. The smallest absolute Gasteiger partial charge is 0.497 e. The van der Waals surface area contributed by atoms with Crippen molar-refractivity contribution in [3.8, 4) is 5.75 Å². The molecule has 33 heavy (non-hydrogen) atoms. The number of nitrogens with zero attached hydrogens (tertiary/aromatic N) is 4. The fourth-order valence-electron chi connectivity index (χ4n) is 3.07. The van der Waals surface area contributed by atoms with Crippen LogP contribution in [-0.2, 0) is 16.4 Å². The number of aromatic nitrogens is 3. The monoisotopic (exact) mass is 489 g/mol. The maximum Gasteiger partial charge on any atom is 1.00 e. The summed E-state index contributed by atoms with van der Waals surface area (Å²) in [4.78, 5) is 12.8. The van der Waals surface area contributed by atoms with Crippen molar-refractivity contribution in [2.24, 2.45) is 0 Å². The number of fused-ring (bicyclic) bond motifs is 1. The van der Waals surface area contributed by atoms with Gasteiger partial charge < -0.3 is 24.9 Å². The van der Waals surface area contributed by atoms with Crippen LogP contribution in [0.15, 0.2) is 71.9 Å². The number of pyridine rings is 1. The summed E-state index contributed by atoms with van der Waals surface area (Å²) in [5.74, 6) is 0.651. The zero-order chi connectivity index (χ0) is 22.6. The first-order valence-electron chi connectivity index (χ1n) is 9.70. The van der Waals surface area contributed by atoms with Crippen molar-refractivity contribution >= 4 is 38.4 Å². The summed E-state index contributed by atoms with van der Waals surface area (Å²) in [6, 6.07) is 15.4. The van der Waals surface area contributed by atoms with Gasteiger partial charge in [0.2, 0.25) is 10.0 Å². The van der Waals surface area contributed by atoms with E-state index in [2.05, 4.69) is 25.0 Å². The molecular weight excluding hydrogens is 469 g/mol. The van der Waals surface area contributed by atoms with Crippen molar-refractivity contribution in [2.45, 2.75) is 11.3 Å². The molecule has 9 nitrogen and oxygen atoms in total. The van der Waals surface area contributed by atoms with E-state index in [0.29, 0.717) is 28.9 Å². The fraction of sp³-hybridized carbons (Fsp3) is 0.136. The van der Waals surface area contributed by atoms with Crippen LogP contribution in [0.4, 0.5) is 17.3 Å². The van der Waals surface area contributed by atoms with Crippen molar-refractivity contribution in [3.05, 3.63) is 77.3 Å². The number of hydrogen-bond donors (Lipinski definition) is 2. The zero-order valence-corrected chi connectivity index (χ0v) is 22.1. The van der Waals surface area contributed by atoms with Crippen LogP contribution in [0.5, 0.6) is 5.75 Å². The number of aliphatic hydroxyl groups excluding tert-OH is 1. The molecule has 0 amide bonds. The van der Waals surface area contributed by atoms with E-state index in [0.717, 1.165) is 5.56 Å². The molecule has 2 aromatic heterocycles. The van der Waals surface area contributed by atoms with Gasteiger partial charge in [0.05, 0.1) is 17.5 Å². The summed E-state index contributed by atoms with van der Waals surface area (Å²) >= 11 is 0.